The van der Waals surface area contributed by atoms with Crippen LogP contribution in [-0.2, 0) is 24.3 Å². The summed E-state index contributed by atoms with van der Waals surface area (Å²) in [6.45, 7) is 1.80. The van der Waals surface area contributed by atoms with E-state index in [0.29, 0.717) is 27.3 Å². The van der Waals surface area contributed by atoms with Gasteiger partial charge in [-0.15, -0.1) is 10.2 Å². The van der Waals surface area contributed by atoms with Crippen molar-refractivity contribution in [2.75, 3.05) is 35.8 Å². The van der Waals surface area contributed by atoms with Gasteiger partial charge in [0.05, 0.1) is 24.8 Å². The molecule has 0 saturated heterocycles. The lowest BCUT2D eigenvalue weighted by molar-refractivity contribution is -0.137. The molecule has 13 heteroatoms. The zero-order valence-electron chi connectivity index (χ0n) is 16.8. The van der Waals surface area contributed by atoms with Gasteiger partial charge in [-0.3, -0.25) is 19.2 Å². The van der Waals surface area contributed by atoms with E-state index in [1.807, 2.05) is 0 Å². The van der Waals surface area contributed by atoms with E-state index in [-0.39, 0.29) is 11.7 Å². The highest BCUT2D eigenvalue weighted by Gasteiger charge is 2.21. The van der Waals surface area contributed by atoms with Gasteiger partial charge >= 0.3 is 5.97 Å². The van der Waals surface area contributed by atoms with Crippen molar-refractivity contribution in [2.45, 2.75) is 23.8 Å². The topological polar surface area (TPSA) is 128 Å². The van der Waals surface area contributed by atoms with Crippen LogP contribution in [0.1, 0.15) is 13.3 Å². The third-order valence-electron chi connectivity index (χ3n) is 3.82. The van der Waals surface area contributed by atoms with Crippen LogP contribution < -0.4 is 14.4 Å². The summed E-state index contributed by atoms with van der Waals surface area (Å²) >= 11 is 2.30. The van der Waals surface area contributed by atoms with Gasteiger partial charge in [0.25, 0.3) is 5.91 Å². The molecule has 1 aromatic carbocycles. The van der Waals surface area contributed by atoms with Gasteiger partial charge in [0, 0.05) is 7.05 Å². The third kappa shape index (κ3) is 6.85. The molecular formula is C17H22N4O6S3. The van der Waals surface area contributed by atoms with Crippen molar-refractivity contribution >= 4 is 55.8 Å². The Morgan fingerprint density at radius 3 is 2.50 bits per heavy atom. The fourth-order valence-corrected chi connectivity index (χ4v) is 4.19. The molecule has 0 fully saturated rings. The number of aromatic nitrogens is 2. The molecular weight excluding hydrogens is 452 g/mol. The first-order chi connectivity index (χ1) is 14.1. The largest absolute Gasteiger partial charge is 0.481 e. The zero-order chi connectivity index (χ0) is 22.3. The summed E-state index contributed by atoms with van der Waals surface area (Å²) in [5.41, 5.74) is 0.480. The van der Waals surface area contributed by atoms with Crippen LogP contribution in [0.4, 0.5) is 10.8 Å². The molecule has 30 heavy (non-hydrogen) atoms. The average Bonchev–Trinajstić information content (AvgIpc) is 3.16. The smallest absolute Gasteiger partial charge is 0.316 e. The third-order valence-corrected chi connectivity index (χ3v) is 6.97. The van der Waals surface area contributed by atoms with Crippen molar-refractivity contribution in [3.8, 4) is 5.75 Å². The maximum atomic E-state index is 12.5. The Morgan fingerprint density at radius 1 is 1.27 bits per heavy atom. The lowest BCUT2D eigenvalue weighted by atomic mass is 10.2. The van der Waals surface area contributed by atoms with Gasteiger partial charge in [0.2, 0.25) is 15.2 Å². The average molecular weight is 475 g/mol. The molecule has 0 aliphatic rings. The van der Waals surface area contributed by atoms with Crippen molar-refractivity contribution in [3.05, 3.63) is 24.3 Å². The van der Waals surface area contributed by atoms with Gasteiger partial charge in [-0.1, -0.05) is 30.0 Å². The van der Waals surface area contributed by atoms with Crippen LogP contribution in [-0.4, -0.2) is 62.8 Å². The van der Waals surface area contributed by atoms with Crippen LogP contribution >= 0.6 is 23.1 Å². The van der Waals surface area contributed by atoms with E-state index in [0.717, 1.165) is 33.7 Å². The molecule has 2 rings (SSSR count). The molecule has 164 valence electrons. The molecule has 1 aromatic heterocycles. The summed E-state index contributed by atoms with van der Waals surface area (Å²) in [6.07, 6.45) is 0.736. The molecule has 0 spiro atoms. The van der Waals surface area contributed by atoms with Gasteiger partial charge in [0.15, 0.2) is 10.4 Å². The maximum Gasteiger partial charge on any atom is 0.316 e. The van der Waals surface area contributed by atoms with Crippen LogP contribution in [0, 0.1) is 0 Å². The predicted octanol–water partition coefficient (Wildman–Crippen LogP) is 2.00. The Hall–Kier alpha value is -2.38. The SMILES string of the molecule is CC[C@H](Oc1ccc(N(C)S(C)(=O)=O)cc1)C(=O)Nc1nnc(SCC(=O)OC)s1. The van der Waals surface area contributed by atoms with E-state index in [1.165, 1.54) is 14.2 Å². The lowest BCUT2D eigenvalue weighted by Gasteiger charge is -2.19. The highest BCUT2D eigenvalue weighted by Crippen LogP contribution is 2.26. The van der Waals surface area contributed by atoms with E-state index in [1.54, 1.807) is 31.2 Å². The van der Waals surface area contributed by atoms with Crippen molar-refractivity contribution < 1.29 is 27.5 Å². The molecule has 0 radical (unpaired) electrons. The van der Waals surface area contributed by atoms with E-state index in [4.69, 9.17) is 4.74 Å². The summed E-state index contributed by atoms with van der Waals surface area (Å²) in [5.74, 6) is -0.247. The summed E-state index contributed by atoms with van der Waals surface area (Å²) < 4.78 is 35.2. The number of hydrogen-bond acceptors (Lipinski definition) is 10. The highest BCUT2D eigenvalue weighted by molar-refractivity contribution is 8.01. The van der Waals surface area contributed by atoms with Crippen LogP contribution in [0.3, 0.4) is 0 Å². The quantitative estimate of drug-likeness (QED) is 0.312. The van der Waals surface area contributed by atoms with E-state index >= 15 is 0 Å². The molecule has 0 saturated carbocycles. The number of anilines is 2. The monoisotopic (exact) mass is 474 g/mol. The van der Waals surface area contributed by atoms with Crippen molar-refractivity contribution in [1.29, 1.82) is 0 Å². The predicted molar refractivity (Wildman–Crippen MR) is 116 cm³/mol. The number of hydrogen-bond donors (Lipinski definition) is 1. The number of methoxy groups -OCH3 is 1. The second kappa shape index (κ2) is 10.6. The van der Waals surface area contributed by atoms with E-state index in [9.17, 15) is 18.0 Å². The molecule has 1 heterocycles. The van der Waals surface area contributed by atoms with Gasteiger partial charge in [-0.25, -0.2) is 8.42 Å². The number of carbonyl (C=O) groups is 2. The lowest BCUT2D eigenvalue weighted by Crippen LogP contribution is -2.32. The Bertz CT molecular complexity index is 978. The van der Waals surface area contributed by atoms with Gasteiger partial charge in [0.1, 0.15) is 5.75 Å². The molecule has 1 N–H and O–H groups in total. The summed E-state index contributed by atoms with van der Waals surface area (Å²) in [7, 11) is -0.610. The van der Waals surface area contributed by atoms with Crippen LogP contribution in [0.15, 0.2) is 28.6 Å². The normalized spacial score (nSPS) is 12.1. The zero-order valence-corrected chi connectivity index (χ0v) is 19.3. The summed E-state index contributed by atoms with van der Waals surface area (Å²) in [6, 6.07) is 6.38. The minimum atomic E-state index is -3.36. The molecule has 10 nitrogen and oxygen atoms in total. The summed E-state index contributed by atoms with van der Waals surface area (Å²) in [5, 5.41) is 10.7. The number of rotatable bonds is 10. The number of thioether (sulfide) groups is 1. The fraction of sp³-hybridized carbons (Fsp3) is 0.412. The molecule has 0 bridgehead atoms. The molecule has 0 aliphatic carbocycles. The van der Waals surface area contributed by atoms with Crippen LogP contribution in [0.2, 0.25) is 0 Å². The maximum absolute atomic E-state index is 12.5. The molecule has 1 atom stereocenters. The number of ether oxygens (including phenoxy) is 2. The van der Waals surface area contributed by atoms with Crippen LogP contribution in [0.25, 0.3) is 0 Å². The van der Waals surface area contributed by atoms with E-state index < -0.39 is 22.0 Å². The molecule has 2 aromatic rings. The van der Waals surface area contributed by atoms with E-state index in [2.05, 4.69) is 20.3 Å². The number of benzene rings is 1. The van der Waals surface area contributed by atoms with Gasteiger partial charge in [-0.2, -0.15) is 0 Å². The first kappa shape index (κ1) is 23.9. The number of esters is 1. The first-order valence-corrected chi connectivity index (χ1v) is 12.3. The number of nitrogens with one attached hydrogen (secondary N) is 1. The van der Waals surface area contributed by atoms with Crippen molar-refractivity contribution in [3.63, 3.8) is 0 Å². The number of sulfonamides is 1. The first-order valence-electron chi connectivity index (χ1n) is 8.68. The van der Waals surface area contributed by atoms with Crippen molar-refractivity contribution in [1.82, 2.24) is 10.2 Å². The van der Waals surface area contributed by atoms with Crippen LogP contribution in [0.5, 0.6) is 5.75 Å². The minimum absolute atomic E-state index is 0.101. The standard InChI is InChI=1S/C17H22N4O6S3/c1-5-13(27-12-8-6-11(7-9-12)21(2)30(4,24)25)15(23)18-16-19-20-17(29-16)28-10-14(22)26-3/h6-9,13H,5,10H2,1-4H3,(H,18,19,23)/t13-/m0/s1. The molecule has 0 aliphatic heterocycles. The van der Waals surface area contributed by atoms with Gasteiger partial charge < -0.3 is 9.47 Å². The second-order valence-electron chi connectivity index (χ2n) is 5.97. The minimum Gasteiger partial charge on any atom is -0.481 e. The van der Waals surface area contributed by atoms with Crippen molar-refractivity contribution in [2.24, 2.45) is 0 Å². The highest BCUT2D eigenvalue weighted by atomic mass is 32.2. The number of carbonyl (C=O) groups excluding carboxylic acids is 2. The second-order valence-corrected chi connectivity index (χ2v) is 10.2. The summed E-state index contributed by atoms with van der Waals surface area (Å²) in [4.78, 5) is 23.7. The molecule has 1 amide bonds. The number of amides is 1. The molecule has 0 unspecified atom stereocenters. The van der Waals surface area contributed by atoms with Gasteiger partial charge in [-0.05, 0) is 30.7 Å². The number of nitrogens with zero attached hydrogens (tertiary/aromatic N) is 3. The fourth-order valence-electron chi connectivity index (χ4n) is 2.10. The Balaban J connectivity index is 1.97. The Morgan fingerprint density at radius 2 is 1.93 bits per heavy atom. The Kier molecular flexibility index (Phi) is 8.43. The Labute approximate surface area is 183 Å².